The summed E-state index contributed by atoms with van der Waals surface area (Å²) in [6, 6.07) is 8.46. The van der Waals surface area contributed by atoms with Crippen molar-refractivity contribution in [1.29, 1.82) is 0 Å². The molecule has 558 valence electrons. The molecule has 3 N–H and O–H groups in total. The Labute approximate surface area is 569 Å². The van der Waals surface area contributed by atoms with Crippen LogP contribution < -0.4 is 16.0 Å². The molecule has 1 aromatic carbocycles. The minimum absolute atomic E-state index is 0.0769. The Morgan fingerprint density at radius 2 is 0.792 bits per heavy atom. The lowest BCUT2D eigenvalue weighted by molar-refractivity contribution is -0.148. The molecule has 0 aliphatic carbocycles. The van der Waals surface area contributed by atoms with Gasteiger partial charge in [0.05, 0.1) is 211 Å². The average Bonchev–Trinajstić information content (AvgIpc) is 1.27. The molecule has 0 bridgehead atoms. The van der Waals surface area contributed by atoms with Crippen LogP contribution in [0.3, 0.4) is 0 Å². The molecule has 0 aromatic heterocycles. The van der Waals surface area contributed by atoms with Gasteiger partial charge in [-0.25, -0.2) is 14.4 Å². The summed E-state index contributed by atoms with van der Waals surface area (Å²) in [6.45, 7) is 26.2. The van der Waals surface area contributed by atoms with Gasteiger partial charge in [-0.15, -0.1) is 0 Å². The number of carbonyl (C=O) groups excluding carboxylic acids is 6. The van der Waals surface area contributed by atoms with E-state index < -0.39 is 47.3 Å². The van der Waals surface area contributed by atoms with Crippen molar-refractivity contribution in [3.8, 4) is 0 Å². The van der Waals surface area contributed by atoms with Crippen LogP contribution in [-0.2, 0) is 116 Å². The lowest BCUT2D eigenvalue weighted by Gasteiger charge is -2.27. The summed E-state index contributed by atoms with van der Waals surface area (Å²) in [7, 11) is 0. The number of amides is 5. The van der Waals surface area contributed by atoms with Crippen molar-refractivity contribution < 1.29 is 124 Å². The fourth-order valence-corrected chi connectivity index (χ4v) is 7.65. The zero-order chi connectivity index (χ0) is 70.3. The molecule has 30 heteroatoms. The Morgan fingerprint density at radius 3 is 1.17 bits per heavy atom. The predicted molar refractivity (Wildman–Crippen MR) is 350 cm³/mol. The number of carbonyl (C=O) groups is 6. The molecule has 0 aliphatic heterocycles. The van der Waals surface area contributed by atoms with Crippen LogP contribution in [0.1, 0.15) is 99.5 Å². The molecular weight excluding hydrogens is 1260 g/mol. The molecule has 0 aliphatic rings. The second kappa shape index (κ2) is 62.4. The van der Waals surface area contributed by atoms with Crippen LogP contribution in [0.5, 0.6) is 0 Å². The maximum atomic E-state index is 13.7. The fraction of sp³-hybridized carbons (Fsp3) is 0.818. The largest absolute Gasteiger partial charge is 0.445 e. The number of nitrogens with zero attached hydrogens (tertiary/aromatic N) is 1. The van der Waals surface area contributed by atoms with Gasteiger partial charge in [-0.3, -0.25) is 19.2 Å². The first-order chi connectivity index (χ1) is 46.5. The van der Waals surface area contributed by atoms with E-state index in [2.05, 4.69) is 22.9 Å². The molecule has 1 aromatic rings. The summed E-state index contributed by atoms with van der Waals surface area (Å²) in [6.07, 6.45) is 0.0917. The number of ether oxygens (including phenoxy) is 19. The van der Waals surface area contributed by atoms with Crippen LogP contribution >= 0.6 is 0 Å². The van der Waals surface area contributed by atoms with E-state index in [1.165, 1.54) is 0 Å². The monoisotopic (exact) mass is 1380 g/mol. The van der Waals surface area contributed by atoms with Gasteiger partial charge in [0.25, 0.3) is 0 Å². The molecular formula is C66H118N4O26. The molecule has 0 saturated heterocycles. The summed E-state index contributed by atoms with van der Waals surface area (Å²) < 4.78 is 104. The number of ketones is 1. The lowest BCUT2D eigenvalue weighted by atomic mass is 9.93. The predicted octanol–water partition coefficient (Wildman–Crippen LogP) is 5.45. The molecule has 1 rings (SSSR count). The number of imide groups is 1. The number of hydrogen-bond donors (Lipinski definition) is 3. The smallest absolute Gasteiger partial charge is 0.444 e. The summed E-state index contributed by atoms with van der Waals surface area (Å²) in [5.41, 5.74) is -0.806. The first kappa shape index (κ1) is 89.2. The molecule has 0 fully saturated rings. The Hall–Kier alpha value is -4.84. The second-order valence-electron chi connectivity index (χ2n) is 23.0. The molecule has 0 unspecified atom stereocenters. The van der Waals surface area contributed by atoms with Gasteiger partial charge in [-0.2, -0.15) is 0 Å². The third-order valence-corrected chi connectivity index (χ3v) is 12.3. The highest BCUT2D eigenvalue weighted by molar-refractivity contribution is 5.92. The zero-order valence-corrected chi connectivity index (χ0v) is 58.8. The van der Waals surface area contributed by atoms with E-state index in [0.717, 1.165) is 18.6 Å². The van der Waals surface area contributed by atoms with Gasteiger partial charge >= 0.3 is 18.3 Å². The maximum Gasteiger partial charge on any atom is 0.444 e. The molecule has 96 heavy (non-hydrogen) atoms. The second-order valence-corrected chi connectivity index (χ2v) is 23.0. The van der Waals surface area contributed by atoms with E-state index in [-0.39, 0.29) is 77.5 Å². The molecule has 5 amide bonds. The van der Waals surface area contributed by atoms with Crippen LogP contribution in [-0.4, -0.2) is 289 Å². The quantitative estimate of drug-likeness (QED) is 0.0415. The van der Waals surface area contributed by atoms with Crippen LogP contribution in [0.4, 0.5) is 14.4 Å². The molecule has 0 radical (unpaired) electrons. The normalized spacial score (nSPS) is 12.3. The summed E-state index contributed by atoms with van der Waals surface area (Å²) in [5, 5.41) is 8.81. The Balaban J connectivity index is 2.06. The van der Waals surface area contributed by atoms with Gasteiger partial charge in [0.15, 0.2) is 5.78 Å². The number of Topliss-reactive ketones (excluding diaryl/α,β-unsaturated/α-hetero) is 1. The number of rotatable bonds is 66. The summed E-state index contributed by atoms with van der Waals surface area (Å²) in [4.78, 5) is 82.3. The molecule has 2 atom stereocenters. The van der Waals surface area contributed by atoms with Gasteiger partial charge in [-0.1, -0.05) is 49.2 Å². The molecule has 30 nitrogen and oxygen atoms in total. The Kier molecular flexibility index (Phi) is 58.0. The number of nitrogens with one attached hydrogen (secondary N) is 3. The number of alkyl carbamates (subject to hydrolysis) is 1. The Morgan fingerprint density at radius 1 is 0.427 bits per heavy atom. The van der Waals surface area contributed by atoms with Crippen LogP contribution in [0.15, 0.2) is 30.3 Å². The van der Waals surface area contributed by atoms with E-state index in [0.29, 0.717) is 202 Å². The molecule has 0 spiro atoms. The minimum atomic E-state index is -0.985. The van der Waals surface area contributed by atoms with Crippen LogP contribution in [0.2, 0.25) is 0 Å². The highest BCUT2D eigenvalue weighted by atomic mass is 16.8. The van der Waals surface area contributed by atoms with Crippen LogP contribution in [0.25, 0.3) is 0 Å². The third-order valence-electron chi connectivity index (χ3n) is 12.3. The lowest BCUT2D eigenvalue weighted by Crippen LogP contribution is -2.44. The maximum absolute atomic E-state index is 13.7. The fourth-order valence-electron chi connectivity index (χ4n) is 7.65. The van der Waals surface area contributed by atoms with Crippen LogP contribution in [0, 0.1) is 5.92 Å². The average molecular weight is 1380 g/mol. The standard InChI is InChI=1S/C66H118N4O26/c1-9-21-77-23-25-79-27-29-88-45-46-90-49-50-92-55-60(72)69-58(18-14-15-19-68-62(74)93-54-56-16-12-11-13-17-56)59(71)53-57(10-2)61(73)67-20-22-78-24-26-80-28-30-81-31-32-82-33-34-83-35-36-84-37-38-85-39-40-86-41-42-87-43-44-89-47-48-91-51-52-94-70(63(75)95-65(3,4)5)64(76)96-66(6,7)8/h11-13,16-17,57-58H,9-10,14-15,18-55H2,1-8H3,(H,67,73)(H,68,74)(H,69,72)/t57-,58+/m1/s1. The van der Waals surface area contributed by atoms with Crippen molar-refractivity contribution in [3.05, 3.63) is 35.9 Å². The minimum Gasteiger partial charge on any atom is -0.445 e. The SMILES string of the molecule is CCCOCCOCCOCCOCCOCC(=O)N[C@@H](CCCCNC(=O)OCc1ccccc1)C(=O)C[C@@H](CC)C(=O)NCCOCCOCCOCCOCCOCCOCCOCCOCCOCCOCCOCCON(C(=O)OC(C)(C)C)C(=O)OC(C)(C)C. The highest BCUT2D eigenvalue weighted by Crippen LogP contribution is 2.16. The first-order valence-electron chi connectivity index (χ1n) is 33.6. The summed E-state index contributed by atoms with van der Waals surface area (Å²) in [5.74, 6) is -1.66. The van der Waals surface area contributed by atoms with Crippen molar-refractivity contribution in [2.24, 2.45) is 5.92 Å². The molecule has 0 heterocycles. The van der Waals surface area contributed by atoms with Crippen molar-refractivity contribution in [1.82, 2.24) is 21.0 Å². The zero-order valence-electron chi connectivity index (χ0n) is 58.8. The first-order valence-corrected chi connectivity index (χ1v) is 33.6. The van der Waals surface area contributed by atoms with E-state index in [9.17, 15) is 28.8 Å². The van der Waals surface area contributed by atoms with Gasteiger partial charge in [-0.05, 0) is 79.2 Å². The van der Waals surface area contributed by atoms with E-state index in [4.69, 9.17) is 94.8 Å². The summed E-state index contributed by atoms with van der Waals surface area (Å²) >= 11 is 0. The number of benzene rings is 1. The van der Waals surface area contributed by atoms with E-state index >= 15 is 0 Å². The number of hydroxylamine groups is 2. The van der Waals surface area contributed by atoms with Gasteiger partial charge in [0.2, 0.25) is 11.8 Å². The molecule has 0 saturated carbocycles. The third kappa shape index (κ3) is 58.2. The van der Waals surface area contributed by atoms with Crippen molar-refractivity contribution in [2.75, 3.05) is 231 Å². The highest BCUT2D eigenvalue weighted by Gasteiger charge is 2.33. The van der Waals surface area contributed by atoms with Crippen molar-refractivity contribution in [3.63, 3.8) is 0 Å². The van der Waals surface area contributed by atoms with E-state index in [1.54, 1.807) is 41.5 Å². The number of unbranched alkanes of at least 4 members (excludes halogenated alkanes) is 1. The topological polar surface area (TPSA) is 326 Å². The van der Waals surface area contributed by atoms with Crippen molar-refractivity contribution >= 4 is 35.9 Å². The van der Waals surface area contributed by atoms with E-state index in [1.807, 2.05) is 37.3 Å². The van der Waals surface area contributed by atoms with Gasteiger partial charge in [0, 0.05) is 32.0 Å². The van der Waals surface area contributed by atoms with Gasteiger partial charge in [0.1, 0.15) is 24.4 Å². The number of hydrogen-bond acceptors (Lipinski definition) is 26. The van der Waals surface area contributed by atoms with Crippen molar-refractivity contribution in [2.45, 2.75) is 118 Å². The van der Waals surface area contributed by atoms with Gasteiger partial charge < -0.3 is 106 Å². The Bertz CT molecular complexity index is 2010.